The minimum Gasteiger partial charge on any atom is -0.324 e. The second-order valence-electron chi connectivity index (χ2n) is 7.09. The fourth-order valence-corrected chi connectivity index (χ4v) is 3.31. The Morgan fingerprint density at radius 1 is 0.903 bits per heavy atom. The molecule has 0 radical (unpaired) electrons. The van der Waals surface area contributed by atoms with Gasteiger partial charge in [-0.05, 0) is 37.1 Å². The molecule has 0 amide bonds. The third kappa shape index (κ3) is 3.71. The molecule has 0 spiro atoms. The minimum absolute atomic E-state index is 0.448. The van der Waals surface area contributed by atoms with Crippen molar-refractivity contribution in [1.82, 2.24) is 34.8 Å². The molecule has 0 fully saturated rings. The van der Waals surface area contributed by atoms with Gasteiger partial charge >= 0.3 is 0 Å². The summed E-state index contributed by atoms with van der Waals surface area (Å²) in [5.74, 6) is 1.55. The van der Waals surface area contributed by atoms with Gasteiger partial charge in [0.2, 0.25) is 5.95 Å². The Bertz CT molecular complexity index is 1340. The van der Waals surface area contributed by atoms with E-state index in [1.54, 1.807) is 10.7 Å². The molecule has 3 heterocycles. The molecule has 0 bridgehead atoms. The van der Waals surface area contributed by atoms with Crippen molar-refractivity contribution < 1.29 is 0 Å². The van der Waals surface area contributed by atoms with Crippen LogP contribution in [-0.2, 0) is 6.42 Å². The van der Waals surface area contributed by atoms with Crippen molar-refractivity contribution in [3.05, 3.63) is 78.1 Å². The molecule has 0 aliphatic heterocycles. The van der Waals surface area contributed by atoms with Crippen LogP contribution in [0.1, 0.15) is 18.2 Å². The van der Waals surface area contributed by atoms with Crippen LogP contribution in [-0.4, -0.2) is 34.8 Å². The van der Waals surface area contributed by atoms with Crippen LogP contribution in [0.5, 0.6) is 0 Å². The van der Waals surface area contributed by atoms with Crippen LogP contribution in [0.2, 0.25) is 0 Å². The highest BCUT2D eigenvalue weighted by atomic mass is 15.4. The van der Waals surface area contributed by atoms with Gasteiger partial charge in [0.1, 0.15) is 5.69 Å². The van der Waals surface area contributed by atoms with Gasteiger partial charge in [-0.25, -0.2) is 9.97 Å². The molecule has 8 heteroatoms. The largest absolute Gasteiger partial charge is 0.324 e. The normalized spacial score (nSPS) is 11.0. The molecule has 31 heavy (non-hydrogen) atoms. The summed E-state index contributed by atoms with van der Waals surface area (Å²) in [6.07, 6.45) is 2.70. The lowest BCUT2D eigenvalue weighted by Gasteiger charge is -2.08. The van der Waals surface area contributed by atoms with Crippen LogP contribution >= 0.6 is 0 Å². The molecule has 0 aliphatic carbocycles. The number of anilines is 2. The number of aryl methyl sites for hydroxylation is 2. The zero-order valence-corrected chi connectivity index (χ0v) is 17.2. The van der Waals surface area contributed by atoms with E-state index >= 15 is 0 Å². The van der Waals surface area contributed by atoms with E-state index in [9.17, 15) is 0 Å². The van der Waals surface area contributed by atoms with Gasteiger partial charge in [0.05, 0.1) is 11.4 Å². The first-order valence-electron chi connectivity index (χ1n) is 10.1. The van der Waals surface area contributed by atoms with Crippen LogP contribution in [0.15, 0.2) is 66.9 Å². The molecule has 0 unspecified atom stereocenters. The zero-order chi connectivity index (χ0) is 21.2. The van der Waals surface area contributed by atoms with Gasteiger partial charge in [-0.15, -0.1) is 15.3 Å². The minimum atomic E-state index is 0.448. The molecule has 0 saturated carbocycles. The Kier molecular flexibility index (Phi) is 4.80. The van der Waals surface area contributed by atoms with Crippen LogP contribution in [0.4, 0.5) is 11.6 Å². The number of hydrogen-bond donors (Lipinski definition) is 1. The van der Waals surface area contributed by atoms with Crippen molar-refractivity contribution in [3.8, 4) is 22.8 Å². The molecule has 0 atom stereocenters. The van der Waals surface area contributed by atoms with E-state index in [0.717, 1.165) is 23.4 Å². The number of aromatic nitrogens is 7. The lowest BCUT2D eigenvalue weighted by atomic mass is 10.1. The number of hydrogen-bond acceptors (Lipinski definition) is 7. The standard InChI is InChI=1S/C23H20N8/c1-3-16-9-11-18(12-10-16)25-22-24-14-13-19(26-22)20-15(2)31-23(29-28-20)27-21(30-31)17-7-5-4-6-8-17/h4-14H,3H2,1-2H3,(H,24,25,26). The van der Waals surface area contributed by atoms with Crippen molar-refractivity contribution in [3.63, 3.8) is 0 Å². The summed E-state index contributed by atoms with van der Waals surface area (Å²) in [4.78, 5) is 13.5. The van der Waals surface area contributed by atoms with Gasteiger partial charge in [-0.1, -0.05) is 49.4 Å². The lowest BCUT2D eigenvalue weighted by Crippen LogP contribution is -2.05. The Balaban J connectivity index is 1.48. The van der Waals surface area contributed by atoms with Gasteiger partial charge < -0.3 is 5.32 Å². The molecule has 5 aromatic rings. The third-order valence-corrected chi connectivity index (χ3v) is 5.04. The van der Waals surface area contributed by atoms with Gasteiger partial charge in [-0.3, -0.25) is 0 Å². The average molecular weight is 408 g/mol. The van der Waals surface area contributed by atoms with Gasteiger partial charge in [0.25, 0.3) is 5.78 Å². The van der Waals surface area contributed by atoms with Crippen LogP contribution in [0.3, 0.4) is 0 Å². The zero-order valence-electron chi connectivity index (χ0n) is 17.2. The average Bonchev–Trinajstić information content (AvgIpc) is 3.26. The maximum atomic E-state index is 4.63. The lowest BCUT2D eigenvalue weighted by molar-refractivity contribution is 0.852. The summed E-state index contributed by atoms with van der Waals surface area (Å²) in [5, 5.41) is 16.5. The number of nitrogens with one attached hydrogen (secondary N) is 1. The van der Waals surface area contributed by atoms with E-state index in [4.69, 9.17) is 0 Å². The molecule has 2 aromatic carbocycles. The van der Waals surface area contributed by atoms with Gasteiger partial charge in [0.15, 0.2) is 5.82 Å². The van der Waals surface area contributed by atoms with Crippen molar-refractivity contribution in [2.24, 2.45) is 0 Å². The molecular formula is C23H20N8. The monoisotopic (exact) mass is 408 g/mol. The van der Waals surface area contributed by atoms with Crippen LogP contribution < -0.4 is 5.32 Å². The molecule has 152 valence electrons. The summed E-state index contributed by atoms with van der Waals surface area (Å²) in [5.41, 5.74) is 5.22. The molecule has 8 nitrogen and oxygen atoms in total. The summed E-state index contributed by atoms with van der Waals surface area (Å²) < 4.78 is 1.70. The Hall–Kier alpha value is -4.20. The molecule has 0 saturated heterocycles. The van der Waals surface area contributed by atoms with E-state index in [0.29, 0.717) is 28.9 Å². The SMILES string of the molecule is CCc1ccc(Nc2nccc(-c3nnc4nc(-c5ccccc5)nn4c3C)n2)cc1. The Morgan fingerprint density at radius 3 is 2.48 bits per heavy atom. The molecule has 3 aromatic heterocycles. The number of rotatable bonds is 5. The van der Waals surface area contributed by atoms with E-state index in [1.165, 1.54) is 5.56 Å². The topological polar surface area (TPSA) is 93.8 Å². The molecular weight excluding hydrogens is 388 g/mol. The van der Waals surface area contributed by atoms with Crippen molar-refractivity contribution in [1.29, 1.82) is 0 Å². The fourth-order valence-electron chi connectivity index (χ4n) is 3.31. The van der Waals surface area contributed by atoms with Gasteiger partial charge in [-0.2, -0.15) is 9.50 Å². The summed E-state index contributed by atoms with van der Waals surface area (Å²) >= 11 is 0. The second kappa shape index (κ2) is 7.91. The maximum Gasteiger partial charge on any atom is 0.272 e. The summed E-state index contributed by atoms with van der Waals surface area (Å²) in [6.45, 7) is 4.06. The summed E-state index contributed by atoms with van der Waals surface area (Å²) in [6, 6.07) is 19.8. The molecule has 5 rings (SSSR count). The second-order valence-corrected chi connectivity index (χ2v) is 7.09. The summed E-state index contributed by atoms with van der Waals surface area (Å²) in [7, 11) is 0. The highest BCUT2D eigenvalue weighted by Gasteiger charge is 2.15. The predicted octanol–water partition coefficient (Wildman–Crippen LogP) is 4.26. The third-order valence-electron chi connectivity index (χ3n) is 5.04. The predicted molar refractivity (Wildman–Crippen MR) is 119 cm³/mol. The van der Waals surface area contributed by atoms with Crippen LogP contribution in [0, 0.1) is 6.92 Å². The van der Waals surface area contributed by atoms with E-state index < -0.39 is 0 Å². The van der Waals surface area contributed by atoms with Crippen LogP contribution in [0.25, 0.3) is 28.6 Å². The molecule has 0 aliphatic rings. The van der Waals surface area contributed by atoms with Gasteiger partial charge in [0, 0.05) is 17.4 Å². The van der Waals surface area contributed by atoms with Crippen molar-refractivity contribution in [2.45, 2.75) is 20.3 Å². The first-order chi connectivity index (χ1) is 15.2. The van der Waals surface area contributed by atoms with E-state index in [2.05, 4.69) is 54.6 Å². The highest BCUT2D eigenvalue weighted by Crippen LogP contribution is 2.22. The van der Waals surface area contributed by atoms with E-state index in [1.807, 2.05) is 55.5 Å². The quantitative estimate of drug-likeness (QED) is 0.464. The first-order valence-corrected chi connectivity index (χ1v) is 10.1. The number of nitrogens with zero attached hydrogens (tertiary/aromatic N) is 7. The molecule has 1 N–H and O–H groups in total. The van der Waals surface area contributed by atoms with Crippen molar-refractivity contribution >= 4 is 17.4 Å². The first kappa shape index (κ1) is 18.8. The van der Waals surface area contributed by atoms with Crippen molar-refractivity contribution in [2.75, 3.05) is 5.32 Å². The maximum absolute atomic E-state index is 4.63. The Labute approximate surface area is 179 Å². The fraction of sp³-hybridized carbons (Fsp3) is 0.130. The smallest absolute Gasteiger partial charge is 0.272 e. The highest BCUT2D eigenvalue weighted by molar-refractivity contribution is 5.62. The number of benzene rings is 2. The Morgan fingerprint density at radius 2 is 1.71 bits per heavy atom. The van der Waals surface area contributed by atoms with E-state index in [-0.39, 0.29) is 0 Å². The number of fused-ring (bicyclic) bond motifs is 1.